The summed E-state index contributed by atoms with van der Waals surface area (Å²) >= 11 is 1.45. The van der Waals surface area contributed by atoms with Crippen LogP contribution >= 0.6 is 11.3 Å². The highest BCUT2D eigenvalue weighted by Crippen LogP contribution is 2.15. The molecule has 112 valence electrons. The van der Waals surface area contributed by atoms with Gasteiger partial charge in [0.2, 0.25) is 0 Å². The molecule has 0 fully saturated rings. The highest BCUT2D eigenvalue weighted by atomic mass is 32.1. The van der Waals surface area contributed by atoms with E-state index >= 15 is 0 Å². The number of amides is 1. The Bertz CT molecular complexity index is 819. The smallest absolute Gasteiger partial charge is 0.275 e. The minimum absolute atomic E-state index is 0.228. The van der Waals surface area contributed by atoms with Crippen LogP contribution in [-0.4, -0.2) is 25.4 Å². The second-order valence-electron chi connectivity index (χ2n) is 4.90. The van der Waals surface area contributed by atoms with Gasteiger partial charge in [-0.3, -0.25) is 9.36 Å². The first-order valence-corrected chi connectivity index (χ1v) is 7.63. The first-order chi connectivity index (χ1) is 10.5. The Labute approximate surface area is 131 Å². The first-order valence-electron chi connectivity index (χ1n) is 6.75. The van der Waals surface area contributed by atoms with Crippen molar-refractivity contribution in [3.8, 4) is 5.82 Å². The molecule has 0 saturated heterocycles. The van der Waals surface area contributed by atoms with Gasteiger partial charge in [0.15, 0.2) is 0 Å². The van der Waals surface area contributed by atoms with Crippen LogP contribution in [0.15, 0.2) is 30.0 Å². The van der Waals surface area contributed by atoms with Gasteiger partial charge in [0.05, 0.1) is 22.6 Å². The Morgan fingerprint density at radius 3 is 2.59 bits per heavy atom. The number of pyridine rings is 1. The number of carbonyl (C=O) groups excluding carboxylic acids is 1. The maximum absolute atomic E-state index is 12.0. The van der Waals surface area contributed by atoms with Gasteiger partial charge in [0.1, 0.15) is 17.8 Å². The Morgan fingerprint density at radius 1 is 1.23 bits per heavy atom. The number of aryl methyl sites for hydroxylation is 2. The molecule has 0 atom stereocenters. The van der Waals surface area contributed by atoms with Crippen LogP contribution in [0.3, 0.4) is 0 Å². The molecule has 1 amide bonds. The summed E-state index contributed by atoms with van der Waals surface area (Å²) in [6, 6.07) is 3.66. The summed E-state index contributed by atoms with van der Waals surface area (Å²) in [5.74, 6) is 0.536. The summed E-state index contributed by atoms with van der Waals surface area (Å²) in [4.78, 5) is 24.8. The number of hydrogen-bond donors (Lipinski definition) is 1. The first kappa shape index (κ1) is 14.4. The predicted molar refractivity (Wildman–Crippen MR) is 85.6 cm³/mol. The van der Waals surface area contributed by atoms with E-state index in [4.69, 9.17) is 0 Å². The molecule has 0 saturated carbocycles. The van der Waals surface area contributed by atoms with Crippen LogP contribution < -0.4 is 5.32 Å². The minimum atomic E-state index is -0.228. The van der Waals surface area contributed by atoms with Crippen molar-refractivity contribution in [1.82, 2.24) is 19.5 Å². The van der Waals surface area contributed by atoms with Crippen molar-refractivity contribution in [2.24, 2.45) is 0 Å². The number of thiazole rings is 1. The zero-order valence-electron chi connectivity index (χ0n) is 12.5. The van der Waals surface area contributed by atoms with E-state index in [0.717, 1.165) is 22.2 Å². The number of hydrogen-bond acceptors (Lipinski definition) is 5. The Hall–Kier alpha value is -2.54. The summed E-state index contributed by atoms with van der Waals surface area (Å²) in [6.07, 6.45) is 3.37. The average molecular weight is 313 g/mol. The topological polar surface area (TPSA) is 72.7 Å². The number of carbonyl (C=O) groups is 1. The number of nitrogens with one attached hydrogen (secondary N) is 1. The lowest BCUT2D eigenvalue weighted by molar-refractivity contribution is 0.102. The standard InChI is InChI=1S/C15H15N5OS/c1-9-10(2)20(8-17-9)14-5-4-12(6-16-14)19-15(21)13-7-22-11(3)18-13/h4-8H,1-3H3,(H,19,21). The fourth-order valence-corrected chi connectivity index (χ4v) is 2.59. The normalized spacial score (nSPS) is 10.7. The third-order valence-electron chi connectivity index (χ3n) is 3.36. The molecule has 3 aromatic rings. The van der Waals surface area contributed by atoms with E-state index < -0.39 is 0 Å². The van der Waals surface area contributed by atoms with Crippen LogP contribution in [0.4, 0.5) is 5.69 Å². The summed E-state index contributed by atoms with van der Waals surface area (Å²) in [6.45, 7) is 5.81. The second kappa shape index (κ2) is 5.69. The second-order valence-corrected chi connectivity index (χ2v) is 5.96. The van der Waals surface area contributed by atoms with E-state index in [1.54, 1.807) is 17.9 Å². The molecule has 0 aromatic carbocycles. The fraction of sp³-hybridized carbons (Fsp3) is 0.200. The van der Waals surface area contributed by atoms with Crippen molar-refractivity contribution in [2.75, 3.05) is 5.32 Å². The van der Waals surface area contributed by atoms with Crippen LogP contribution in [0.2, 0.25) is 0 Å². The molecule has 3 aromatic heterocycles. The number of nitrogens with zero attached hydrogens (tertiary/aromatic N) is 4. The third-order valence-corrected chi connectivity index (χ3v) is 4.13. The van der Waals surface area contributed by atoms with Gasteiger partial charge in [-0.2, -0.15) is 0 Å². The Morgan fingerprint density at radius 2 is 2.05 bits per heavy atom. The van der Waals surface area contributed by atoms with Gasteiger partial charge < -0.3 is 5.32 Å². The van der Waals surface area contributed by atoms with Crippen LogP contribution in [0, 0.1) is 20.8 Å². The van der Waals surface area contributed by atoms with Gasteiger partial charge in [-0.25, -0.2) is 15.0 Å². The highest BCUT2D eigenvalue weighted by molar-refractivity contribution is 7.09. The molecular formula is C15H15N5OS. The van der Waals surface area contributed by atoms with Gasteiger partial charge in [-0.1, -0.05) is 0 Å². The zero-order chi connectivity index (χ0) is 15.7. The minimum Gasteiger partial charge on any atom is -0.319 e. The quantitative estimate of drug-likeness (QED) is 0.807. The summed E-state index contributed by atoms with van der Waals surface area (Å²) in [5.41, 5.74) is 3.07. The van der Waals surface area contributed by atoms with Gasteiger partial charge in [-0.05, 0) is 32.9 Å². The Balaban J connectivity index is 1.77. The number of aromatic nitrogens is 4. The van der Waals surface area contributed by atoms with Gasteiger partial charge in [0, 0.05) is 11.1 Å². The molecule has 0 aliphatic heterocycles. The lowest BCUT2D eigenvalue weighted by Gasteiger charge is -2.06. The van der Waals surface area contributed by atoms with E-state index in [0.29, 0.717) is 11.4 Å². The zero-order valence-corrected chi connectivity index (χ0v) is 13.3. The van der Waals surface area contributed by atoms with Crippen molar-refractivity contribution in [1.29, 1.82) is 0 Å². The number of rotatable bonds is 3. The lowest BCUT2D eigenvalue weighted by Crippen LogP contribution is -2.12. The SMILES string of the molecule is Cc1nc(C(=O)Nc2ccc(-n3cnc(C)c3C)nc2)cs1. The van der Waals surface area contributed by atoms with E-state index in [1.807, 2.05) is 37.5 Å². The molecule has 0 aliphatic carbocycles. The molecule has 3 rings (SSSR count). The Kier molecular flexibility index (Phi) is 3.72. The molecule has 3 heterocycles. The van der Waals surface area contributed by atoms with Crippen molar-refractivity contribution < 1.29 is 4.79 Å². The van der Waals surface area contributed by atoms with Crippen LogP contribution in [0.5, 0.6) is 0 Å². The highest BCUT2D eigenvalue weighted by Gasteiger charge is 2.10. The summed E-state index contributed by atoms with van der Waals surface area (Å²) in [7, 11) is 0. The van der Waals surface area contributed by atoms with Crippen molar-refractivity contribution in [2.45, 2.75) is 20.8 Å². The molecular weight excluding hydrogens is 298 g/mol. The van der Waals surface area contributed by atoms with Gasteiger partial charge >= 0.3 is 0 Å². The maximum atomic E-state index is 12.0. The predicted octanol–water partition coefficient (Wildman–Crippen LogP) is 2.90. The number of anilines is 1. The van der Waals surface area contributed by atoms with Crippen LogP contribution in [-0.2, 0) is 0 Å². The third kappa shape index (κ3) is 2.75. The summed E-state index contributed by atoms with van der Waals surface area (Å²) < 4.78 is 1.91. The van der Waals surface area contributed by atoms with E-state index in [2.05, 4.69) is 20.3 Å². The monoisotopic (exact) mass is 313 g/mol. The average Bonchev–Trinajstić information content (AvgIpc) is 3.08. The largest absolute Gasteiger partial charge is 0.319 e. The van der Waals surface area contributed by atoms with Gasteiger partial charge in [0.25, 0.3) is 5.91 Å². The molecule has 0 aliphatic rings. The van der Waals surface area contributed by atoms with Crippen molar-refractivity contribution in [3.63, 3.8) is 0 Å². The lowest BCUT2D eigenvalue weighted by atomic mass is 10.3. The van der Waals surface area contributed by atoms with E-state index in [9.17, 15) is 4.79 Å². The molecule has 6 nitrogen and oxygen atoms in total. The van der Waals surface area contributed by atoms with Crippen LogP contribution in [0.1, 0.15) is 26.9 Å². The maximum Gasteiger partial charge on any atom is 0.275 e. The van der Waals surface area contributed by atoms with E-state index in [-0.39, 0.29) is 5.91 Å². The van der Waals surface area contributed by atoms with E-state index in [1.165, 1.54) is 11.3 Å². The molecule has 0 spiro atoms. The van der Waals surface area contributed by atoms with Crippen LogP contribution in [0.25, 0.3) is 5.82 Å². The van der Waals surface area contributed by atoms with Crippen molar-refractivity contribution in [3.05, 3.63) is 52.1 Å². The molecule has 0 radical (unpaired) electrons. The fourth-order valence-electron chi connectivity index (χ4n) is 2.00. The number of imidazole rings is 1. The summed E-state index contributed by atoms with van der Waals surface area (Å²) in [5, 5.41) is 5.39. The van der Waals surface area contributed by atoms with Crippen molar-refractivity contribution >= 4 is 22.9 Å². The molecule has 22 heavy (non-hydrogen) atoms. The molecule has 0 bridgehead atoms. The molecule has 7 heteroatoms. The molecule has 0 unspecified atom stereocenters. The molecule has 1 N–H and O–H groups in total. The van der Waals surface area contributed by atoms with Gasteiger partial charge in [-0.15, -0.1) is 11.3 Å².